The van der Waals surface area contributed by atoms with E-state index >= 15 is 0 Å². The molecule has 1 saturated heterocycles. The van der Waals surface area contributed by atoms with Gasteiger partial charge in [0.2, 0.25) is 0 Å². The Morgan fingerprint density at radius 3 is 2.57 bits per heavy atom. The zero-order valence-corrected chi connectivity index (χ0v) is 17.4. The highest BCUT2D eigenvalue weighted by Gasteiger charge is 2.18. The van der Waals surface area contributed by atoms with Gasteiger partial charge in [-0.2, -0.15) is 0 Å². The molecule has 0 radical (unpaired) electrons. The van der Waals surface area contributed by atoms with Crippen molar-refractivity contribution < 1.29 is 9.59 Å². The van der Waals surface area contributed by atoms with Crippen LogP contribution in [0.1, 0.15) is 39.1 Å². The minimum atomic E-state index is -0.257. The second-order valence-corrected chi connectivity index (χ2v) is 6.59. The van der Waals surface area contributed by atoms with Crippen molar-refractivity contribution in [3.8, 4) is 0 Å². The quantitative estimate of drug-likeness (QED) is 0.664. The Bertz CT molecular complexity index is 781. The molecule has 0 bridgehead atoms. The lowest BCUT2D eigenvalue weighted by atomic mass is 10.0. The van der Waals surface area contributed by atoms with Crippen molar-refractivity contribution in [1.29, 1.82) is 0 Å². The summed E-state index contributed by atoms with van der Waals surface area (Å²) in [4.78, 5) is 29.0. The van der Waals surface area contributed by atoms with Crippen molar-refractivity contribution in [3.05, 3.63) is 59.4 Å². The molecule has 0 aliphatic carbocycles. The van der Waals surface area contributed by atoms with E-state index in [1.807, 2.05) is 19.1 Å². The molecule has 0 spiro atoms. The maximum Gasteiger partial charge on any atom is 0.255 e. The number of aryl methyl sites for hydroxylation is 1. The molecule has 8 heteroatoms. The van der Waals surface area contributed by atoms with E-state index in [-0.39, 0.29) is 36.6 Å². The number of hydrogen-bond donors (Lipinski definition) is 3. The number of para-hydroxylation sites is 1. The van der Waals surface area contributed by atoms with E-state index in [2.05, 4.69) is 20.9 Å². The lowest BCUT2D eigenvalue weighted by Crippen LogP contribution is -2.28. The fourth-order valence-electron chi connectivity index (χ4n) is 3.16. The van der Waals surface area contributed by atoms with Crippen molar-refractivity contribution >= 4 is 42.3 Å². The Hall–Kier alpha value is -2.15. The molecule has 0 saturated carbocycles. The number of benzene rings is 1. The number of rotatable bonds is 6. The number of aromatic nitrogens is 1. The maximum atomic E-state index is 12.6. The van der Waals surface area contributed by atoms with Crippen LogP contribution in [0, 0.1) is 12.8 Å². The van der Waals surface area contributed by atoms with Crippen LogP contribution in [0.5, 0.6) is 0 Å². The summed E-state index contributed by atoms with van der Waals surface area (Å²) in [7, 11) is 0. The highest BCUT2D eigenvalue weighted by molar-refractivity contribution is 6.09. The van der Waals surface area contributed by atoms with E-state index in [0.717, 1.165) is 31.5 Å². The van der Waals surface area contributed by atoms with Gasteiger partial charge < -0.3 is 16.0 Å². The highest BCUT2D eigenvalue weighted by atomic mass is 35.5. The molecule has 3 rings (SSSR count). The summed E-state index contributed by atoms with van der Waals surface area (Å²) in [5, 5.41) is 9.18. The first kappa shape index (κ1) is 23.9. The molecule has 2 aromatic rings. The number of hydrogen-bond acceptors (Lipinski definition) is 4. The molecule has 152 valence electrons. The van der Waals surface area contributed by atoms with Gasteiger partial charge in [0.1, 0.15) is 0 Å². The van der Waals surface area contributed by atoms with Crippen LogP contribution in [0.4, 0.5) is 5.69 Å². The van der Waals surface area contributed by atoms with Crippen molar-refractivity contribution in [2.45, 2.75) is 19.8 Å². The van der Waals surface area contributed by atoms with Crippen LogP contribution in [0.3, 0.4) is 0 Å². The van der Waals surface area contributed by atoms with Crippen LogP contribution >= 0.6 is 24.8 Å². The Kier molecular flexibility index (Phi) is 9.93. The predicted octanol–water partition coefficient (Wildman–Crippen LogP) is 3.22. The van der Waals surface area contributed by atoms with Gasteiger partial charge >= 0.3 is 0 Å². The number of carbonyl (C=O) groups is 2. The summed E-state index contributed by atoms with van der Waals surface area (Å²) in [6, 6.07) is 8.73. The number of halogens is 2. The number of carbonyl (C=O) groups excluding carboxylic acids is 2. The largest absolute Gasteiger partial charge is 0.352 e. The second kappa shape index (κ2) is 11.6. The molecule has 6 nitrogen and oxygen atoms in total. The standard InChI is InChI=1S/C20H24N4O2.2ClH/c1-14-3-2-4-17(20(26)23-12-6-15-5-9-22-13-15)18(14)24-19(25)16-7-10-21-11-8-16;;/h2-4,7-8,10-11,15,22H,5-6,9,12-13H2,1H3,(H,23,26)(H,24,25);2*1H. The van der Waals surface area contributed by atoms with Gasteiger partial charge in [-0.3, -0.25) is 14.6 Å². The van der Waals surface area contributed by atoms with Crippen LogP contribution in [-0.4, -0.2) is 36.4 Å². The molecular weight excluding hydrogens is 399 g/mol. The molecule has 28 heavy (non-hydrogen) atoms. The molecule has 1 aliphatic rings. The Morgan fingerprint density at radius 1 is 1.14 bits per heavy atom. The minimum Gasteiger partial charge on any atom is -0.352 e. The van der Waals surface area contributed by atoms with Crippen LogP contribution in [0.25, 0.3) is 0 Å². The molecule has 2 amide bonds. The fraction of sp³-hybridized carbons (Fsp3) is 0.350. The van der Waals surface area contributed by atoms with Gasteiger partial charge in [0.05, 0.1) is 11.3 Å². The van der Waals surface area contributed by atoms with Crippen LogP contribution in [0.2, 0.25) is 0 Å². The number of nitrogens with one attached hydrogen (secondary N) is 3. The van der Waals surface area contributed by atoms with Crippen LogP contribution in [0.15, 0.2) is 42.7 Å². The Morgan fingerprint density at radius 2 is 1.89 bits per heavy atom. The Labute approximate surface area is 177 Å². The van der Waals surface area contributed by atoms with Crippen LogP contribution < -0.4 is 16.0 Å². The molecule has 1 atom stereocenters. The lowest BCUT2D eigenvalue weighted by molar-refractivity contribution is 0.0952. The van der Waals surface area contributed by atoms with E-state index in [1.54, 1.807) is 30.6 Å². The van der Waals surface area contributed by atoms with E-state index in [0.29, 0.717) is 29.3 Å². The molecule has 1 aliphatic heterocycles. The smallest absolute Gasteiger partial charge is 0.255 e. The van der Waals surface area contributed by atoms with Crippen molar-refractivity contribution in [1.82, 2.24) is 15.6 Å². The maximum absolute atomic E-state index is 12.6. The number of nitrogens with zero attached hydrogens (tertiary/aromatic N) is 1. The third kappa shape index (κ3) is 6.19. The van der Waals surface area contributed by atoms with E-state index in [4.69, 9.17) is 0 Å². The average Bonchev–Trinajstić information content (AvgIpc) is 3.17. The first-order valence-corrected chi connectivity index (χ1v) is 8.95. The summed E-state index contributed by atoms with van der Waals surface area (Å²) in [6.07, 6.45) is 5.26. The summed E-state index contributed by atoms with van der Waals surface area (Å²) >= 11 is 0. The molecule has 2 heterocycles. The minimum absolute atomic E-state index is 0. The lowest BCUT2D eigenvalue weighted by Gasteiger charge is -2.15. The third-order valence-electron chi connectivity index (χ3n) is 4.70. The number of anilines is 1. The monoisotopic (exact) mass is 424 g/mol. The summed E-state index contributed by atoms with van der Waals surface area (Å²) in [5.41, 5.74) is 2.38. The average molecular weight is 425 g/mol. The third-order valence-corrected chi connectivity index (χ3v) is 4.70. The van der Waals surface area contributed by atoms with Gasteiger partial charge in [-0.25, -0.2) is 0 Å². The van der Waals surface area contributed by atoms with E-state index in [1.165, 1.54) is 0 Å². The van der Waals surface area contributed by atoms with Gasteiger partial charge in [0, 0.05) is 24.5 Å². The second-order valence-electron chi connectivity index (χ2n) is 6.59. The van der Waals surface area contributed by atoms with Gasteiger partial charge in [-0.1, -0.05) is 12.1 Å². The topological polar surface area (TPSA) is 83.1 Å². The summed E-state index contributed by atoms with van der Waals surface area (Å²) < 4.78 is 0. The van der Waals surface area contributed by atoms with E-state index < -0.39 is 0 Å². The molecule has 1 aromatic carbocycles. The molecule has 1 unspecified atom stereocenters. The first-order chi connectivity index (χ1) is 12.6. The molecule has 1 fully saturated rings. The molecule has 3 N–H and O–H groups in total. The van der Waals surface area contributed by atoms with Gasteiger partial charge in [0.15, 0.2) is 0 Å². The molecule has 1 aromatic heterocycles. The summed E-state index contributed by atoms with van der Waals surface area (Å²) in [5.74, 6) is 0.205. The Balaban J connectivity index is 0.00000196. The van der Waals surface area contributed by atoms with Crippen molar-refractivity contribution in [2.24, 2.45) is 5.92 Å². The van der Waals surface area contributed by atoms with Crippen molar-refractivity contribution in [2.75, 3.05) is 25.0 Å². The normalized spacial score (nSPS) is 15.1. The zero-order chi connectivity index (χ0) is 18.4. The van der Waals surface area contributed by atoms with Crippen LogP contribution in [-0.2, 0) is 0 Å². The fourth-order valence-corrected chi connectivity index (χ4v) is 3.16. The predicted molar refractivity (Wildman–Crippen MR) is 116 cm³/mol. The van der Waals surface area contributed by atoms with Crippen molar-refractivity contribution in [3.63, 3.8) is 0 Å². The summed E-state index contributed by atoms with van der Waals surface area (Å²) in [6.45, 7) is 4.59. The number of pyridine rings is 1. The van der Waals surface area contributed by atoms with Gasteiger partial charge in [0.25, 0.3) is 11.8 Å². The zero-order valence-electron chi connectivity index (χ0n) is 15.7. The first-order valence-electron chi connectivity index (χ1n) is 8.95. The molecular formula is C20H26Cl2N4O2. The van der Waals surface area contributed by atoms with E-state index in [9.17, 15) is 9.59 Å². The van der Waals surface area contributed by atoms with Gasteiger partial charge in [-0.15, -0.1) is 24.8 Å². The SMILES string of the molecule is Cc1cccc(C(=O)NCCC2CCNC2)c1NC(=O)c1ccncc1.Cl.Cl. The van der Waals surface area contributed by atoms with Gasteiger partial charge in [-0.05, 0) is 62.5 Å². The number of amides is 2. The highest BCUT2D eigenvalue weighted by Crippen LogP contribution is 2.21.